The van der Waals surface area contributed by atoms with Crippen LogP contribution in [0.15, 0.2) is 48.7 Å². The van der Waals surface area contributed by atoms with Gasteiger partial charge in [0.2, 0.25) is 0 Å². The molecular formula is C16H15N3O2. The molecule has 0 fully saturated rings. The van der Waals surface area contributed by atoms with Crippen LogP contribution < -0.4 is 10.2 Å². The smallest absolute Gasteiger partial charge is 0.304 e. The zero-order chi connectivity index (χ0) is 14.7. The first-order chi connectivity index (χ1) is 10.3. The van der Waals surface area contributed by atoms with Gasteiger partial charge in [0.15, 0.2) is 0 Å². The number of nitrogens with one attached hydrogen (secondary N) is 1. The Morgan fingerprint density at radius 2 is 1.90 bits per heavy atom. The van der Waals surface area contributed by atoms with Crippen LogP contribution in [0.1, 0.15) is 12.0 Å². The van der Waals surface area contributed by atoms with Crippen LogP contribution in [0.5, 0.6) is 0 Å². The summed E-state index contributed by atoms with van der Waals surface area (Å²) in [6.45, 7) is 0.561. The number of aromatic nitrogens is 1. The fraction of sp³-hybridized carbons (Fsp3) is 0.188. The predicted octanol–water partition coefficient (Wildman–Crippen LogP) is 2.00. The van der Waals surface area contributed by atoms with E-state index < -0.39 is 11.8 Å². The summed E-state index contributed by atoms with van der Waals surface area (Å²) in [4.78, 5) is 30.0. The minimum Gasteiger partial charge on any atom is -0.304 e. The highest BCUT2D eigenvalue weighted by atomic mass is 16.2. The molecule has 0 bridgehead atoms. The largest absolute Gasteiger partial charge is 0.316 e. The van der Waals surface area contributed by atoms with E-state index in [4.69, 9.17) is 0 Å². The van der Waals surface area contributed by atoms with Crippen molar-refractivity contribution >= 4 is 23.3 Å². The summed E-state index contributed by atoms with van der Waals surface area (Å²) >= 11 is 0. The molecular weight excluding hydrogens is 266 g/mol. The van der Waals surface area contributed by atoms with Crippen molar-refractivity contribution in [2.24, 2.45) is 0 Å². The minimum absolute atomic E-state index is 0.376. The molecule has 106 valence electrons. The molecule has 0 spiro atoms. The van der Waals surface area contributed by atoms with Crippen LogP contribution in [-0.2, 0) is 16.0 Å². The Hall–Kier alpha value is -2.69. The number of rotatable bonds is 1. The highest BCUT2D eigenvalue weighted by molar-refractivity contribution is 6.44. The standard InChI is InChI=1S/C16H15N3O2/c20-15(18-14-9-3-4-10-17-14)16(21)19-11-5-7-12-6-1-2-8-13(12)19/h1-4,6,8-10H,5,7,11H2,(H,17,18,20). The van der Waals surface area contributed by atoms with Crippen molar-refractivity contribution in [1.29, 1.82) is 0 Å². The lowest BCUT2D eigenvalue weighted by Crippen LogP contribution is -2.42. The van der Waals surface area contributed by atoms with Crippen molar-refractivity contribution < 1.29 is 9.59 Å². The van der Waals surface area contributed by atoms with E-state index in [-0.39, 0.29) is 0 Å². The van der Waals surface area contributed by atoms with Crippen molar-refractivity contribution in [2.45, 2.75) is 12.8 Å². The number of carbonyl (C=O) groups excluding carboxylic acids is 2. The summed E-state index contributed by atoms with van der Waals surface area (Å²) in [5, 5.41) is 2.53. The van der Waals surface area contributed by atoms with Crippen molar-refractivity contribution in [3.63, 3.8) is 0 Å². The van der Waals surface area contributed by atoms with Gasteiger partial charge >= 0.3 is 11.8 Å². The molecule has 2 amide bonds. The zero-order valence-corrected chi connectivity index (χ0v) is 11.5. The molecule has 0 unspecified atom stereocenters. The van der Waals surface area contributed by atoms with Gasteiger partial charge in [-0.05, 0) is 36.6 Å². The molecule has 1 aromatic carbocycles. The van der Waals surface area contributed by atoms with Crippen LogP contribution >= 0.6 is 0 Å². The summed E-state index contributed by atoms with van der Waals surface area (Å²) in [6, 6.07) is 12.8. The van der Waals surface area contributed by atoms with Crippen LogP contribution in [0, 0.1) is 0 Å². The van der Waals surface area contributed by atoms with E-state index in [0.29, 0.717) is 12.4 Å². The van der Waals surface area contributed by atoms with Gasteiger partial charge in [-0.1, -0.05) is 24.3 Å². The average Bonchev–Trinajstić information content (AvgIpc) is 2.54. The fourth-order valence-corrected chi connectivity index (χ4v) is 2.47. The molecule has 21 heavy (non-hydrogen) atoms. The molecule has 1 aromatic heterocycles. The first-order valence-electron chi connectivity index (χ1n) is 6.87. The van der Waals surface area contributed by atoms with Crippen LogP contribution in [0.3, 0.4) is 0 Å². The van der Waals surface area contributed by atoms with Gasteiger partial charge < -0.3 is 10.2 Å². The van der Waals surface area contributed by atoms with Gasteiger partial charge in [0.25, 0.3) is 0 Å². The third-order valence-electron chi connectivity index (χ3n) is 3.46. The van der Waals surface area contributed by atoms with Crippen LogP contribution in [0.4, 0.5) is 11.5 Å². The van der Waals surface area contributed by atoms with E-state index >= 15 is 0 Å². The first kappa shape index (κ1) is 13.3. The Bertz CT molecular complexity index is 670. The molecule has 0 aliphatic carbocycles. The molecule has 0 atom stereocenters. The molecule has 0 saturated carbocycles. The molecule has 3 rings (SSSR count). The Labute approximate surface area is 122 Å². The molecule has 2 aromatic rings. The van der Waals surface area contributed by atoms with Crippen LogP contribution in [0.25, 0.3) is 0 Å². The minimum atomic E-state index is -0.662. The average molecular weight is 281 g/mol. The molecule has 1 aliphatic heterocycles. The maximum atomic E-state index is 12.4. The number of pyridine rings is 1. The lowest BCUT2D eigenvalue weighted by atomic mass is 10.0. The van der Waals surface area contributed by atoms with Crippen LogP contribution in [0.2, 0.25) is 0 Å². The predicted molar refractivity (Wildman–Crippen MR) is 80.0 cm³/mol. The summed E-state index contributed by atoms with van der Waals surface area (Å²) in [6.07, 6.45) is 3.36. The summed E-state index contributed by atoms with van der Waals surface area (Å²) in [7, 11) is 0. The van der Waals surface area contributed by atoms with Crippen LogP contribution in [-0.4, -0.2) is 23.3 Å². The van der Waals surface area contributed by atoms with Crippen molar-refractivity contribution in [3.8, 4) is 0 Å². The van der Waals surface area contributed by atoms with Crippen molar-refractivity contribution in [3.05, 3.63) is 54.2 Å². The number of carbonyl (C=O) groups is 2. The number of benzene rings is 1. The molecule has 5 nitrogen and oxygen atoms in total. The maximum absolute atomic E-state index is 12.4. The van der Waals surface area contributed by atoms with Crippen molar-refractivity contribution in [1.82, 2.24) is 4.98 Å². The highest BCUT2D eigenvalue weighted by Gasteiger charge is 2.27. The maximum Gasteiger partial charge on any atom is 0.316 e. The van der Waals surface area contributed by atoms with E-state index in [2.05, 4.69) is 10.3 Å². The number of nitrogens with zero attached hydrogens (tertiary/aromatic N) is 2. The van der Waals surface area contributed by atoms with Gasteiger partial charge in [-0.25, -0.2) is 4.98 Å². The fourth-order valence-electron chi connectivity index (χ4n) is 2.47. The summed E-state index contributed by atoms with van der Waals surface area (Å²) in [5.41, 5.74) is 1.92. The molecule has 2 heterocycles. The number of amides is 2. The van der Waals surface area contributed by atoms with Gasteiger partial charge in [-0.15, -0.1) is 0 Å². The van der Waals surface area contributed by atoms with E-state index in [0.717, 1.165) is 24.1 Å². The van der Waals surface area contributed by atoms with E-state index in [1.807, 2.05) is 24.3 Å². The second kappa shape index (κ2) is 5.75. The Balaban J connectivity index is 1.78. The number of fused-ring (bicyclic) bond motifs is 1. The lowest BCUT2D eigenvalue weighted by Gasteiger charge is -2.28. The quantitative estimate of drug-likeness (QED) is 0.813. The normalized spacial score (nSPS) is 13.4. The molecule has 1 N–H and O–H groups in total. The SMILES string of the molecule is O=C(Nc1ccccn1)C(=O)N1CCCc2ccccc21. The van der Waals surface area contributed by atoms with E-state index in [9.17, 15) is 9.59 Å². The van der Waals surface area contributed by atoms with Gasteiger partial charge in [-0.3, -0.25) is 9.59 Å². The van der Waals surface area contributed by atoms with E-state index in [1.54, 1.807) is 24.4 Å². The second-order valence-corrected chi connectivity index (χ2v) is 4.86. The molecule has 1 aliphatic rings. The van der Waals surface area contributed by atoms with E-state index in [1.165, 1.54) is 4.90 Å². The number of hydrogen-bond acceptors (Lipinski definition) is 3. The third-order valence-corrected chi connectivity index (χ3v) is 3.46. The molecule has 0 saturated heterocycles. The number of para-hydroxylation sites is 1. The second-order valence-electron chi connectivity index (χ2n) is 4.86. The number of aryl methyl sites for hydroxylation is 1. The third kappa shape index (κ3) is 2.76. The first-order valence-corrected chi connectivity index (χ1v) is 6.87. The zero-order valence-electron chi connectivity index (χ0n) is 11.5. The summed E-state index contributed by atoms with van der Waals surface area (Å²) in [5.74, 6) is -0.834. The number of hydrogen-bond donors (Lipinski definition) is 1. The van der Waals surface area contributed by atoms with Gasteiger partial charge in [0.05, 0.1) is 0 Å². The van der Waals surface area contributed by atoms with Gasteiger partial charge in [-0.2, -0.15) is 0 Å². The van der Waals surface area contributed by atoms with Gasteiger partial charge in [0, 0.05) is 18.4 Å². The monoisotopic (exact) mass is 281 g/mol. The Morgan fingerprint density at radius 1 is 1.10 bits per heavy atom. The number of anilines is 2. The Morgan fingerprint density at radius 3 is 2.71 bits per heavy atom. The topological polar surface area (TPSA) is 62.3 Å². The Kier molecular flexibility index (Phi) is 3.64. The van der Waals surface area contributed by atoms with Crippen molar-refractivity contribution in [2.75, 3.05) is 16.8 Å². The lowest BCUT2D eigenvalue weighted by molar-refractivity contribution is -0.134. The molecule has 5 heteroatoms. The highest BCUT2D eigenvalue weighted by Crippen LogP contribution is 2.26. The summed E-state index contributed by atoms with van der Waals surface area (Å²) < 4.78 is 0. The van der Waals surface area contributed by atoms with Gasteiger partial charge in [0.1, 0.15) is 5.82 Å². The molecule has 0 radical (unpaired) electrons.